The largest absolute Gasteiger partial charge is 0.271 e. The maximum Gasteiger partial charge on any atom is 0.0500 e. The summed E-state index contributed by atoms with van der Waals surface area (Å²) in [5.74, 6) is 5.70. The molecule has 2 rings (SSSR count). The molecule has 19 heavy (non-hydrogen) atoms. The van der Waals surface area contributed by atoms with Crippen molar-refractivity contribution in [2.45, 2.75) is 25.8 Å². The van der Waals surface area contributed by atoms with Crippen LogP contribution in [0.1, 0.15) is 29.7 Å². The second kappa shape index (κ2) is 6.85. The molecule has 0 spiro atoms. The summed E-state index contributed by atoms with van der Waals surface area (Å²) >= 11 is 3.50. The molecular weight excluding hydrogens is 300 g/mol. The second-order valence-electron chi connectivity index (χ2n) is 4.65. The summed E-state index contributed by atoms with van der Waals surface area (Å²) < 4.78 is 1.10. The van der Waals surface area contributed by atoms with Crippen molar-refractivity contribution in [2.75, 3.05) is 0 Å². The van der Waals surface area contributed by atoms with Crippen LogP contribution in [-0.2, 0) is 12.8 Å². The van der Waals surface area contributed by atoms with Crippen LogP contribution in [-0.4, -0.2) is 0 Å². The van der Waals surface area contributed by atoms with Gasteiger partial charge < -0.3 is 0 Å². The number of halogens is 1. The first-order chi connectivity index (χ1) is 9.22. The normalized spacial score (nSPS) is 12.4. The van der Waals surface area contributed by atoms with Crippen LogP contribution in [0.25, 0.3) is 0 Å². The second-order valence-corrected chi connectivity index (χ2v) is 5.56. The van der Waals surface area contributed by atoms with Crippen LogP contribution in [0.3, 0.4) is 0 Å². The van der Waals surface area contributed by atoms with Crippen molar-refractivity contribution >= 4 is 15.9 Å². The van der Waals surface area contributed by atoms with E-state index in [0.717, 1.165) is 17.3 Å². The van der Waals surface area contributed by atoms with E-state index in [4.69, 9.17) is 5.84 Å². The van der Waals surface area contributed by atoms with Crippen molar-refractivity contribution in [3.63, 3.8) is 0 Å². The Morgan fingerprint density at radius 1 is 1.11 bits per heavy atom. The van der Waals surface area contributed by atoms with Gasteiger partial charge in [-0.3, -0.25) is 11.3 Å². The lowest BCUT2D eigenvalue weighted by Gasteiger charge is -2.17. The van der Waals surface area contributed by atoms with Crippen LogP contribution in [0.2, 0.25) is 0 Å². The van der Waals surface area contributed by atoms with Crippen molar-refractivity contribution in [1.29, 1.82) is 0 Å². The van der Waals surface area contributed by atoms with Gasteiger partial charge in [-0.25, -0.2) is 0 Å². The van der Waals surface area contributed by atoms with E-state index in [2.05, 4.69) is 64.7 Å². The number of hydrogen-bond acceptors (Lipinski definition) is 2. The summed E-state index contributed by atoms with van der Waals surface area (Å²) in [6, 6.07) is 17.1. The highest BCUT2D eigenvalue weighted by atomic mass is 79.9. The quantitative estimate of drug-likeness (QED) is 0.650. The van der Waals surface area contributed by atoms with Gasteiger partial charge in [0.2, 0.25) is 0 Å². The number of rotatable bonds is 5. The number of hydrazine groups is 1. The van der Waals surface area contributed by atoms with Gasteiger partial charge >= 0.3 is 0 Å². The Hall–Kier alpha value is -1.16. The van der Waals surface area contributed by atoms with Crippen molar-refractivity contribution in [3.05, 3.63) is 69.7 Å². The van der Waals surface area contributed by atoms with Crippen LogP contribution >= 0.6 is 15.9 Å². The summed E-state index contributed by atoms with van der Waals surface area (Å²) in [6.07, 6.45) is 1.94. The van der Waals surface area contributed by atoms with Gasteiger partial charge in [0.25, 0.3) is 0 Å². The molecule has 0 aliphatic rings. The Kier molecular flexibility index (Phi) is 5.14. The molecule has 0 aliphatic carbocycles. The van der Waals surface area contributed by atoms with Crippen LogP contribution < -0.4 is 11.3 Å². The molecule has 0 bridgehead atoms. The summed E-state index contributed by atoms with van der Waals surface area (Å²) in [5, 5.41) is 0. The van der Waals surface area contributed by atoms with Gasteiger partial charge in [0.05, 0.1) is 0 Å². The van der Waals surface area contributed by atoms with Gasteiger partial charge in [0, 0.05) is 10.5 Å². The number of aryl methyl sites for hydroxylation is 1. The molecule has 1 unspecified atom stereocenters. The van der Waals surface area contributed by atoms with Crippen molar-refractivity contribution < 1.29 is 0 Å². The molecule has 0 aliphatic heterocycles. The topological polar surface area (TPSA) is 38.0 Å². The Balaban J connectivity index is 2.15. The molecule has 0 radical (unpaired) electrons. The summed E-state index contributed by atoms with van der Waals surface area (Å²) in [5.41, 5.74) is 6.74. The highest BCUT2D eigenvalue weighted by Crippen LogP contribution is 2.20. The molecule has 0 aromatic heterocycles. The lowest BCUT2D eigenvalue weighted by atomic mass is 9.98. The number of nitrogens with two attached hydrogens (primary N) is 1. The third-order valence-corrected chi connectivity index (χ3v) is 3.81. The molecule has 0 heterocycles. The predicted molar refractivity (Wildman–Crippen MR) is 83.7 cm³/mol. The molecule has 100 valence electrons. The molecule has 0 saturated carbocycles. The SMILES string of the molecule is CCc1ccc(C(Cc2cccc(Br)c2)NN)cc1. The van der Waals surface area contributed by atoms with Crippen molar-refractivity contribution in [3.8, 4) is 0 Å². The molecule has 0 saturated heterocycles. The van der Waals surface area contributed by atoms with Gasteiger partial charge in [0.1, 0.15) is 0 Å². The Morgan fingerprint density at radius 3 is 2.42 bits per heavy atom. The molecule has 0 amide bonds. The molecule has 3 heteroatoms. The molecule has 0 fully saturated rings. The van der Waals surface area contributed by atoms with Crippen LogP contribution in [0.4, 0.5) is 0 Å². The van der Waals surface area contributed by atoms with Gasteiger partial charge in [-0.15, -0.1) is 0 Å². The lowest BCUT2D eigenvalue weighted by Crippen LogP contribution is -2.29. The number of nitrogens with one attached hydrogen (secondary N) is 1. The molecule has 2 aromatic rings. The minimum atomic E-state index is 0.139. The van der Waals surface area contributed by atoms with E-state index in [1.807, 2.05) is 12.1 Å². The van der Waals surface area contributed by atoms with Crippen molar-refractivity contribution in [1.82, 2.24) is 5.43 Å². The Labute approximate surface area is 123 Å². The first kappa shape index (κ1) is 14.3. The maximum absolute atomic E-state index is 5.70. The van der Waals surface area contributed by atoms with E-state index in [1.54, 1.807) is 0 Å². The smallest absolute Gasteiger partial charge is 0.0500 e. The first-order valence-electron chi connectivity index (χ1n) is 6.52. The fourth-order valence-corrected chi connectivity index (χ4v) is 2.60. The summed E-state index contributed by atoms with van der Waals surface area (Å²) in [4.78, 5) is 0. The van der Waals surface area contributed by atoms with Gasteiger partial charge in [-0.2, -0.15) is 0 Å². The molecular formula is C16H19BrN2. The molecule has 3 N–H and O–H groups in total. The van der Waals surface area contributed by atoms with E-state index >= 15 is 0 Å². The fraction of sp³-hybridized carbons (Fsp3) is 0.250. The van der Waals surface area contributed by atoms with Crippen molar-refractivity contribution in [2.24, 2.45) is 5.84 Å². The third kappa shape index (κ3) is 3.90. The van der Waals surface area contributed by atoms with Crippen LogP contribution in [0, 0.1) is 0 Å². The summed E-state index contributed by atoms with van der Waals surface area (Å²) in [6.45, 7) is 2.16. The van der Waals surface area contributed by atoms with Crippen LogP contribution in [0.5, 0.6) is 0 Å². The zero-order valence-corrected chi connectivity index (χ0v) is 12.7. The highest BCUT2D eigenvalue weighted by molar-refractivity contribution is 9.10. The highest BCUT2D eigenvalue weighted by Gasteiger charge is 2.10. The van der Waals surface area contributed by atoms with E-state index in [0.29, 0.717) is 0 Å². The standard InChI is InChI=1S/C16H19BrN2/c1-2-12-6-8-14(9-7-12)16(19-18)11-13-4-3-5-15(17)10-13/h3-10,16,19H,2,11,18H2,1H3. The predicted octanol–water partition coefficient (Wildman–Crippen LogP) is 3.76. The van der Waals surface area contributed by atoms with E-state index in [-0.39, 0.29) is 6.04 Å². The molecule has 2 aromatic carbocycles. The lowest BCUT2D eigenvalue weighted by molar-refractivity contribution is 0.552. The molecule has 2 nitrogen and oxygen atoms in total. The summed E-state index contributed by atoms with van der Waals surface area (Å²) in [7, 11) is 0. The third-order valence-electron chi connectivity index (χ3n) is 3.32. The van der Waals surface area contributed by atoms with Crippen LogP contribution in [0.15, 0.2) is 53.0 Å². The fourth-order valence-electron chi connectivity index (χ4n) is 2.16. The van der Waals surface area contributed by atoms with Gasteiger partial charge in [0.15, 0.2) is 0 Å². The zero-order chi connectivity index (χ0) is 13.7. The monoisotopic (exact) mass is 318 g/mol. The Morgan fingerprint density at radius 2 is 1.84 bits per heavy atom. The number of hydrogen-bond donors (Lipinski definition) is 2. The van der Waals surface area contributed by atoms with E-state index in [1.165, 1.54) is 16.7 Å². The van der Waals surface area contributed by atoms with E-state index < -0.39 is 0 Å². The maximum atomic E-state index is 5.70. The first-order valence-corrected chi connectivity index (χ1v) is 7.31. The molecule has 1 atom stereocenters. The Bertz CT molecular complexity index is 523. The number of benzene rings is 2. The average Bonchev–Trinajstić information content (AvgIpc) is 2.45. The minimum Gasteiger partial charge on any atom is -0.271 e. The average molecular weight is 319 g/mol. The van der Waals surface area contributed by atoms with E-state index in [9.17, 15) is 0 Å². The minimum absolute atomic E-state index is 0.139. The van der Waals surface area contributed by atoms with Gasteiger partial charge in [-0.1, -0.05) is 59.3 Å². The van der Waals surface area contributed by atoms with Gasteiger partial charge in [-0.05, 0) is 41.7 Å². The zero-order valence-electron chi connectivity index (χ0n) is 11.1.